The molecule has 0 bridgehead atoms. The number of aromatic nitrogens is 1. The molecule has 3 rings (SSSR count). The molecule has 1 aromatic carbocycles. The van der Waals surface area contributed by atoms with Gasteiger partial charge in [-0.2, -0.15) is 0 Å². The normalized spacial score (nSPS) is 15.6. The summed E-state index contributed by atoms with van der Waals surface area (Å²) in [7, 11) is 0. The highest BCUT2D eigenvalue weighted by Gasteiger charge is 2.17. The Kier molecular flexibility index (Phi) is 6.36. The number of hydrogen-bond donors (Lipinski definition) is 1. The predicted molar refractivity (Wildman–Crippen MR) is 104 cm³/mol. The fourth-order valence-corrected chi connectivity index (χ4v) is 3.50. The Morgan fingerprint density at radius 2 is 1.92 bits per heavy atom. The van der Waals surface area contributed by atoms with Crippen molar-refractivity contribution in [2.24, 2.45) is 0 Å². The average molecular weight is 453 g/mol. The lowest BCUT2D eigenvalue weighted by Gasteiger charge is -2.21. The molecule has 132 valence electrons. The van der Waals surface area contributed by atoms with E-state index in [-0.39, 0.29) is 11.7 Å². The molecular formula is C19H21FIN3O. The van der Waals surface area contributed by atoms with Crippen molar-refractivity contribution in [2.75, 3.05) is 13.1 Å². The first kappa shape index (κ1) is 18.3. The zero-order valence-electron chi connectivity index (χ0n) is 14.0. The summed E-state index contributed by atoms with van der Waals surface area (Å²) in [5, 5.41) is 1.99. The highest BCUT2D eigenvalue weighted by molar-refractivity contribution is 14.1. The van der Waals surface area contributed by atoms with Gasteiger partial charge >= 0.3 is 0 Å². The SMILES string of the molecule is O=C(NN1CCCCCC1)c1ccncc1Cc1ccc(I)cc1F. The van der Waals surface area contributed by atoms with Crippen LogP contribution in [0.25, 0.3) is 0 Å². The number of carbonyl (C=O) groups excluding carboxylic acids is 1. The summed E-state index contributed by atoms with van der Waals surface area (Å²) < 4.78 is 15.0. The Morgan fingerprint density at radius 1 is 1.16 bits per heavy atom. The molecule has 0 radical (unpaired) electrons. The molecule has 0 spiro atoms. The summed E-state index contributed by atoms with van der Waals surface area (Å²) in [6.45, 7) is 1.75. The number of carbonyl (C=O) groups is 1. The lowest BCUT2D eigenvalue weighted by atomic mass is 10.0. The second kappa shape index (κ2) is 8.71. The quantitative estimate of drug-likeness (QED) is 0.714. The first-order valence-electron chi connectivity index (χ1n) is 8.56. The second-order valence-corrected chi connectivity index (χ2v) is 7.53. The topological polar surface area (TPSA) is 45.2 Å². The molecule has 0 unspecified atom stereocenters. The lowest BCUT2D eigenvalue weighted by molar-refractivity contribution is 0.0793. The van der Waals surface area contributed by atoms with Crippen LogP contribution in [0.1, 0.15) is 47.2 Å². The summed E-state index contributed by atoms with van der Waals surface area (Å²) in [4.78, 5) is 16.8. The molecule has 1 N–H and O–H groups in total. The summed E-state index contributed by atoms with van der Waals surface area (Å²) in [6.07, 6.45) is 8.20. The lowest BCUT2D eigenvalue weighted by Crippen LogP contribution is -2.43. The van der Waals surface area contributed by atoms with E-state index in [2.05, 4.69) is 33.0 Å². The molecule has 1 aromatic heterocycles. The average Bonchev–Trinajstić information content (AvgIpc) is 2.86. The van der Waals surface area contributed by atoms with Crippen LogP contribution in [0.3, 0.4) is 0 Å². The number of hydrogen-bond acceptors (Lipinski definition) is 3. The van der Waals surface area contributed by atoms with E-state index in [0.717, 1.165) is 35.1 Å². The van der Waals surface area contributed by atoms with Gasteiger partial charge in [0.15, 0.2) is 0 Å². The Bertz CT molecular complexity index is 745. The molecule has 1 aliphatic heterocycles. The van der Waals surface area contributed by atoms with Gasteiger partial charge in [-0.3, -0.25) is 15.2 Å². The minimum Gasteiger partial charge on any atom is -0.285 e. The largest absolute Gasteiger partial charge is 0.285 e. The maximum atomic E-state index is 14.2. The first-order valence-corrected chi connectivity index (χ1v) is 9.64. The van der Waals surface area contributed by atoms with Gasteiger partial charge in [-0.05, 0) is 64.8 Å². The summed E-state index contributed by atoms with van der Waals surface area (Å²) >= 11 is 2.08. The standard InChI is InChI=1S/C19H21FIN3O/c20-18-12-16(21)6-5-14(18)11-15-13-22-8-7-17(15)19(25)23-24-9-3-1-2-4-10-24/h5-8,12-13H,1-4,9-11H2,(H,23,25). The fraction of sp³-hybridized carbons (Fsp3) is 0.368. The van der Waals surface area contributed by atoms with Gasteiger partial charge in [0.2, 0.25) is 0 Å². The van der Waals surface area contributed by atoms with Crippen molar-refractivity contribution in [3.8, 4) is 0 Å². The number of benzene rings is 1. The predicted octanol–water partition coefficient (Wildman–Crippen LogP) is 3.94. The van der Waals surface area contributed by atoms with Gasteiger partial charge in [0.05, 0.1) is 0 Å². The van der Waals surface area contributed by atoms with Gasteiger partial charge in [0, 0.05) is 41.0 Å². The Hall–Kier alpha value is -1.54. The van der Waals surface area contributed by atoms with Gasteiger partial charge in [-0.1, -0.05) is 18.9 Å². The highest BCUT2D eigenvalue weighted by atomic mass is 127. The van der Waals surface area contributed by atoms with Crippen LogP contribution in [-0.2, 0) is 6.42 Å². The van der Waals surface area contributed by atoms with E-state index in [1.165, 1.54) is 18.9 Å². The molecule has 1 fully saturated rings. The van der Waals surface area contributed by atoms with Crippen LogP contribution in [0.15, 0.2) is 36.7 Å². The smallest absolute Gasteiger partial charge is 0.265 e. The van der Waals surface area contributed by atoms with Crippen molar-refractivity contribution in [3.63, 3.8) is 0 Å². The van der Waals surface area contributed by atoms with Crippen LogP contribution in [0.5, 0.6) is 0 Å². The van der Waals surface area contributed by atoms with E-state index in [9.17, 15) is 9.18 Å². The molecule has 0 saturated carbocycles. The number of rotatable bonds is 4. The van der Waals surface area contributed by atoms with Crippen molar-refractivity contribution in [1.82, 2.24) is 15.4 Å². The first-order chi connectivity index (χ1) is 12.1. The molecule has 1 aliphatic rings. The molecule has 1 amide bonds. The summed E-state index contributed by atoms with van der Waals surface area (Å²) in [5.74, 6) is -0.403. The molecular weight excluding hydrogens is 432 g/mol. The number of nitrogens with zero attached hydrogens (tertiary/aromatic N) is 2. The van der Waals surface area contributed by atoms with Crippen LogP contribution in [0.2, 0.25) is 0 Å². The maximum absolute atomic E-state index is 14.2. The van der Waals surface area contributed by atoms with Crippen molar-refractivity contribution < 1.29 is 9.18 Å². The van der Waals surface area contributed by atoms with E-state index in [0.29, 0.717) is 17.5 Å². The third-order valence-corrected chi connectivity index (χ3v) is 5.08. The zero-order chi connectivity index (χ0) is 17.6. The van der Waals surface area contributed by atoms with Gasteiger partial charge in [0.25, 0.3) is 5.91 Å². The Balaban J connectivity index is 1.76. The molecule has 0 atom stereocenters. The van der Waals surface area contributed by atoms with Gasteiger partial charge in [-0.25, -0.2) is 9.40 Å². The van der Waals surface area contributed by atoms with Crippen LogP contribution >= 0.6 is 22.6 Å². The molecule has 1 saturated heterocycles. The number of pyridine rings is 1. The van der Waals surface area contributed by atoms with Crippen LogP contribution < -0.4 is 5.43 Å². The molecule has 25 heavy (non-hydrogen) atoms. The van der Waals surface area contributed by atoms with Gasteiger partial charge in [0.1, 0.15) is 5.82 Å². The zero-order valence-corrected chi connectivity index (χ0v) is 16.1. The second-order valence-electron chi connectivity index (χ2n) is 6.29. The monoisotopic (exact) mass is 453 g/mol. The number of nitrogens with one attached hydrogen (secondary N) is 1. The molecule has 2 heterocycles. The minimum atomic E-state index is -0.255. The highest BCUT2D eigenvalue weighted by Crippen LogP contribution is 2.18. The van der Waals surface area contributed by atoms with Crippen molar-refractivity contribution in [3.05, 3.63) is 62.7 Å². The van der Waals surface area contributed by atoms with Crippen molar-refractivity contribution in [1.29, 1.82) is 0 Å². The number of amides is 1. The van der Waals surface area contributed by atoms with Gasteiger partial charge < -0.3 is 0 Å². The number of halogens is 2. The van der Waals surface area contributed by atoms with Crippen LogP contribution in [0.4, 0.5) is 4.39 Å². The van der Waals surface area contributed by atoms with Crippen LogP contribution in [-0.4, -0.2) is 29.0 Å². The third kappa shape index (κ3) is 4.98. The van der Waals surface area contributed by atoms with Crippen molar-refractivity contribution >= 4 is 28.5 Å². The summed E-state index contributed by atoms with van der Waals surface area (Å²) in [5.41, 5.74) is 4.85. The molecule has 4 nitrogen and oxygen atoms in total. The van der Waals surface area contributed by atoms with Crippen LogP contribution in [0, 0.1) is 9.39 Å². The minimum absolute atomic E-state index is 0.148. The van der Waals surface area contributed by atoms with E-state index >= 15 is 0 Å². The Morgan fingerprint density at radius 3 is 2.64 bits per heavy atom. The number of hydrazine groups is 1. The van der Waals surface area contributed by atoms with E-state index in [4.69, 9.17) is 0 Å². The summed E-state index contributed by atoms with van der Waals surface area (Å²) in [6, 6.07) is 6.84. The maximum Gasteiger partial charge on any atom is 0.265 e. The molecule has 2 aromatic rings. The van der Waals surface area contributed by atoms with E-state index < -0.39 is 0 Å². The fourth-order valence-electron chi connectivity index (χ4n) is 3.05. The van der Waals surface area contributed by atoms with E-state index in [1.54, 1.807) is 24.5 Å². The van der Waals surface area contributed by atoms with E-state index in [1.807, 2.05) is 11.1 Å². The van der Waals surface area contributed by atoms with Gasteiger partial charge in [-0.15, -0.1) is 0 Å². The third-order valence-electron chi connectivity index (χ3n) is 4.41. The van der Waals surface area contributed by atoms with Crippen molar-refractivity contribution in [2.45, 2.75) is 32.1 Å². The molecule has 6 heteroatoms. The Labute approximate surface area is 160 Å². The molecule has 0 aliphatic carbocycles.